The van der Waals surface area contributed by atoms with Gasteiger partial charge in [-0.2, -0.15) is 8.78 Å². The zero-order chi connectivity index (χ0) is 14.8. The van der Waals surface area contributed by atoms with E-state index in [2.05, 4.69) is 0 Å². The van der Waals surface area contributed by atoms with Crippen LogP contribution < -0.4 is 0 Å². The Morgan fingerprint density at radius 2 is 1.68 bits per heavy atom. The van der Waals surface area contributed by atoms with Crippen molar-refractivity contribution in [2.45, 2.75) is 65.0 Å². The van der Waals surface area contributed by atoms with Crippen molar-refractivity contribution >= 4 is 7.60 Å². The molecule has 0 bridgehead atoms. The highest BCUT2D eigenvalue weighted by molar-refractivity contribution is 7.55. The summed E-state index contributed by atoms with van der Waals surface area (Å²) in [6, 6.07) is 0. The summed E-state index contributed by atoms with van der Waals surface area (Å²) in [5, 5.41) is 0. The number of hydrogen-bond acceptors (Lipinski definition) is 4. The minimum atomic E-state index is -4.53. The van der Waals surface area contributed by atoms with E-state index < -0.39 is 37.5 Å². The highest BCUT2D eigenvalue weighted by atomic mass is 31.2. The zero-order valence-corrected chi connectivity index (χ0v) is 13.0. The summed E-state index contributed by atoms with van der Waals surface area (Å²) in [6.45, 7) is 8.02. The minimum absolute atomic E-state index is 0.154. The quantitative estimate of drug-likeness (QED) is 0.694. The van der Waals surface area contributed by atoms with Gasteiger partial charge in [0.1, 0.15) is 0 Å². The number of ether oxygens (including phenoxy) is 1. The molecule has 1 saturated heterocycles. The zero-order valence-electron chi connectivity index (χ0n) is 12.1. The van der Waals surface area contributed by atoms with Crippen molar-refractivity contribution in [1.29, 1.82) is 0 Å². The maximum atomic E-state index is 14.6. The normalized spacial score (nSPS) is 25.5. The Morgan fingerprint density at radius 3 is 2.00 bits per heavy atom. The van der Waals surface area contributed by atoms with E-state index in [-0.39, 0.29) is 13.0 Å². The van der Waals surface area contributed by atoms with Crippen LogP contribution in [0.1, 0.15) is 41.0 Å². The van der Waals surface area contributed by atoms with E-state index in [1.807, 2.05) is 0 Å². The van der Waals surface area contributed by atoms with Gasteiger partial charge in [-0.25, -0.2) is 0 Å². The molecule has 1 heterocycles. The predicted molar refractivity (Wildman–Crippen MR) is 68.5 cm³/mol. The number of halogens is 2. The lowest BCUT2D eigenvalue weighted by atomic mass is 10.0. The van der Waals surface area contributed by atoms with Crippen LogP contribution in [0.25, 0.3) is 0 Å². The van der Waals surface area contributed by atoms with E-state index in [0.29, 0.717) is 0 Å². The van der Waals surface area contributed by atoms with Gasteiger partial charge in [0, 0.05) is 6.61 Å². The average molecular weight is 300 g/mol. The fourth-order valence-electron chi connectivity index (χ4n) is 2.11. The van der Waals surface area contributed by atoms with E-state index in [1.165, 1.54) is 0 Å². The van der Waals surface area contributed by atoms with Gasteiger partial charge in [0.15, 0.2) is 0 Å². The van der Waals surface area contributed by atoms with Crippen molar-refractivity contribution in [1.82, 2.24) is 0 Å². The number of hydrogen-bond donors (Lipinski definition) is 0. The molecule has 0 aromatic carbocycles. The van der Waals surface area contributed by atoms with Gasteiger partial charge >= 0.3 is 13.3 Å². The van der Waals surface area contributed by atoms with Crippen LogP contribution in [0.15, 0.2) is 0 Å². The molecule has 0 amide bonds. The van der Waals surface area contributed by atoms with Crippen molar-refractivity contribution in [3.63, 3.8) is 0 Å². The van der Waals surface area contributed by atoms with Crippen LogP contribution in [0, 0.1) is 5.92 Å². The fraction of sp³-hybridized carbons (Fsp3) is 1.00. The molecule has 1 rings (SSSR count). The van der Waals surface area contributed by atoms with Crippen LogP contribution in [0.5, 0.6) is 0 Å². The van der Waals surface area contributed by atoms with Crippen molar-refractivity contribution in [2.24, 2.45) is 5.92 Å². The summed E-state index contributed by atoms with van der Waals surface area (Å²) in [4.78, 5) is 0. The lowest BCUT2D eigenvalue weighted by Crippen LogP contribution is -2.35. The van der Waals surface area contributed by atoms with Crippen molar-refractivity contribution in [3.05, 3.63) is 0 Å². The third-order valence-electron chi connectivity index (χ3n) is 2.89. The van der Waals surface area contributed by atoms with Crippen molar-refractivity contribution < 1.29 is 27.1 Å². The van der Waals surface area contributed by atoms with E-state index >= 15 is 0 Å². The molecule has 4 nitrogen and oxygen atoms in total. The molecule has 19 heavy (non-hydrogen) atoms. The molecule has 1 fully saturated rings. The van der Waals surface area contributed by atoms with E-state index in [4.69, 9.17) is 13.8 Å². The SMILES string of the molecule is CC(C)OP(=O)(OC(C)C)C(F)(F)[C@H]1CCOC1C. The molecule has 0 radical (unpaired) electrons. The number of rotatable bonds is 6. The molecule has 1 aliphatic rings. The smallest absolute Gasteiger partial charge is 0.378 e. The summed E-state index contributed by atoms with van der Waals surface area (Å²) in [5.41, 5.74) is -3.54. The molecule has 0 aromatic heterocycles. The summed E-state index contributed by atoms with van der Waals surface area (Å²) in [6.07, 6.45) is -1.71. The molecule has 0 aromatic rings. The van der Waals surface area contributed by atoms with Crippen LogP contribution in [0.3, 0.4) is 0 Å². The molecule has 2 atom stereocenters. The third-order valence-corrected chi connectivity index (χ3v) is 5.35. The Morgan fingerprint density at radius 1 is 1.21 bits per heavy atom. The summed E-state index contributed by atoms with van der Waals surface area (Å²) in [5.74, 6) is -1.14. The fourth-order valence-corrected chi connectivity index (χ4v) is 4.30. The van der Waals surface area contributed by atoms with Crippen molar-refractivity contribution in [2.75, 3.05) is 6.61 Å². The Bertz CT molecular complexity index is 333. The van der Waals surface area contributed by atoms with Crippen LogP contribution in [-0.4, -0.2) is 30.6 Å². The average Bonchev–Trinajstić information content (AvgIpc) is 2.61. The second-order valence-corrected chi connectivity index (χ2v) is 7.38. The van der Waals surface area contributed by atoms with Gasteiger partial charge in [-0.05, 0) is 41.0 Å². The van der Waals surface area contributed by atoms with Gasteiger partial charge in [0.2, 0.25) is 0 Å². The predicted octanol–water partition coefficient (Wildman–Crippen LogP) is 4.05. The first-order valence-corrected chi connectivity index (χ1v) is 8.10. The molecule has 1 aliphatic heterocycles. The largest absolute Gasteiger partial charge is 0.400 e. The lowest BCUT2D eigenvalue weighted by molar-refractivity contribution is -0.0454. The minimum Gasteiger partial charge on any atom is -0.378 e. The highest BCUT2D eigenvalue weighted by Crippen LogP contribution is 2.67. The monoisotopic (exact) mass is 300 g/mol. The molecule has 0 aliphatic carbocycles. The molecule has 1 unspecified atom stereocenters. The van der Waals surface area contributed by atoms with Crippen LogP contribution in [0.4, 0.5) is 8.78 Å². The molecule has 7 heteroatoms. The molecule has 0 N–H and O–H groups in total. The molecular weight excluding hydrogens is 277 g/mol. The van der Waals surface area contributed by atoms with Gasteiger partial charge in [-0.15, -0.1) is 0 Å². The third kappa shape index (κ3) is 3.75. The van der Waals surface area contributed by atoms with Crippen LogP contribution >= 0.6 is 7.60 Å². The first kappa shape index (κ1) is 17.0. The summed E-state index contributed by atoms with van der Waals surface area (Å²) < 4.78 is 56.8. The van der Waals surface area contributed by atoms with Gasteiger partial charge in [-0.1, -0.05) is 0 Å². The van der Waals surface area contributed by atoms with Gasteiger partial charge in [0.25, 0.3) is 0 Å². The maximum absolute atomic E-state index is 14.6. The Balaban J connectivity index is 3.04. The molecule has 114 valence electrons. The Hall–Kier alpha value is -0.0300. The van der Waals surface area contributed by atoms with Gasteiger partial charge in [-0.3, -0.25) is 4.57 Å². The topological polar surface area (TPSA) is 44.8 Å². The van der Waals surface area contributed by atoms with Gasteiger partial charge in [0.05, 0.1) is 24.2 Å². The molecule has 0 spiro atoms. The summed E-state index contributed by atoms with van der Waals surface area (Å²) >= 11 is 0. The summed E-state index contributed by atoms with van der Waals surface area (Å²) in [7, 11) is -4.53. The maximum Gasteiger partial charge on any atom is 0.400 e. The lowest BCUT2D eigenvalue weighted by Gasteiger charge is -2.33. The Labute approximate surface area is 113 Å². The molecular formula is C12H23F2O4P. The van der Waals surface area contributed by atoms with E-state index in [1.54, 1.807) is 34.6 Å². The van der Waals surface area contributed by atoms with E-state index in [9.17, 15) is 13.3 Å². The van der Waals surface area contributed by atoms with Gasteiger partial charge < -0.3 is 13.8 Å². The second-order valence-electron chi connectivity index (χ2n) is 5.36. The Kier molecular flexibility index (Phi) is 5.52. The van der Waals surface area contributed by atoms with Crippen molar-refractivity contribution in [3.8, 4) is 0 Å². The van der Waals surface area contributed by atoms with Crippen LogP contribution in [-0.2, 0) is 18.3 Å². The number of alkyl halides is 2. The van der Waals surface area contributed by atoms with Crippen LogP contribution in [0.2, 0.25) is 0 Å². The second kappa shape index (κ2) is 6.17. The standard InChI is InChI=1S/C12H23F2O4P/c1-8(2)17-19(15,18-9(3)4)12(13,14)11-6-7-16-10(11)5/h8-11H,6-7H2,1-5H3/t10?,11-/m0/s1. The first-order chi connectivity index (χ1) is 8.60. The highest BCUT2D eigenvalue weighted by Gasteiger charge is 2.62. The molecule has 0 saturated carbocycles. The first-order valence-electron chi connectivity index (χ1n) is 6.56. The van der Waals surface area contributed by atoms with E-state index in [0.717, 1.165) is 0 Å².